The van der Waals surface area contributed by atoms with Crippen LogP contribution in [0.1, 0.15) is 20.8 Å². The van der Waals surface area contributed by atoms with Crippen molar-refractivity contribution < 1.29 is 14.4 Å². The summed E-state index contributed by atoms with van der Waals surface area (Å²) in [6, 6.07) is 11.3. The fourth-order valence-corrected chi connectivity index (χ4v) is 3.83. The SMILES string of the molecule is CON(C)C(=O)c1csc(N(C(=O)c2ccc(Cl)cc2Cl)c2ccc(Cl)cc2)n1. The highest BCUT2D eigenvalue weighted by molar-refractivity contribution is 7.14. The van der Waals surface area contributed by atoms with Crippen LogP contribution in [0.3, 0.4) is 0 Å². The van der Waals surface area contributed by atoms with E-state index in [-0.39, 0.29) is 21.4 Å². The Morgan fingerprint density at radius 3 is 2.28 bits per heavy atom. The minimum Gasteiger partial charge on any atom is -0.274 e. The van der Waals surface area contributed by atoms with Crippen LogP contribution in [-0.2, 0) is 4.84 Å². The van der Waals surface area contributed by atoms with E-state index in [0.29, 0.717) is 15.7 Å². The third kappa shape index (κ3) is 4.71. The second kappa shape index (κ2) is 9.11. The second-order valence-corrected chi connectivity index (χ2v) is 7.86. The lowest BCUT2D eigenvalue weighted by molar-refractivity contribution is -0.0760. The fourth-order valence-electron chi connectivity index (χ4n) is 2.40. The van der Waals surface area contributed by atoms with Gasteiger partial charge in [-0.2, -0.15) is 0 Å². The van der Waals surface area contributed by atoms with Gasteiger partial charge in [-0.1, -0.05) is 34.8 Å². The number of benzene rings is 2. The molecule has 0 saturated heterocycles. The molecule has 0 aliphatic rings. The number of nitrogens with zero attached hydrogens (tertiary/aromatic N) is 3. The number of amides is 2. The van der Waals surface area contributed by atoms with Gasteiger partial charge in [0.1, 0.15) is 5.69 Å². The molecule has 3 rings (SSSR count). The zero-order chi connectivity index (χ0) is 21.1. The number of hydroxylamine groups is 2. The molecule has 0 radical (unpaired) electrons. The maximum Gasteiger partial charge on any atom is 0.296 e. The topological polar surface area (TPSA) is 62.7 Å². The van der Waals surface area contributed by atoms with Crippen LogP contribution in [-0.4, -0.2) is 36.0 Å². The van der Waals surface area contributed by atoms with Gasteiger partial charge in [-0.3, -0.25) is 19.3 Å². The van der Waals surface area contributed by atoms with E-state index in [2.05, 4.69) is 4.98 Å². The van der Waals surface area contributed by atoms with E-state index in [0.717, 1.165) is 16.4 Å². The van der Waals surface area contributed by atoms with Crippen molar-refractivity contribution in [2.75, 3.05) is 19.1 Å². The molecule has 2 amide bonds. The average molecular weight is 471 g/mol. The van der Waals surface area contributed by atoms with E-state index in [1.807, 2.05) is 0 Å². The Bertz CT molecular complexity index is 1060. The van der Waals surface area contributed by atoms with Crippen LogP contribution in [0.2, 0.25) is 15.1 Å². The highest BCUT2D eigenvalue weighted by Gasteiger charge is 2.26. The molecule has 1 aromatic heterocycles. The summed E-state index contributed by atoms with van der Waals surface area (Å²) in [6.45, 7) is 0. The van der Waals surface area contributed by atoms with Crippen molar-refractivity contribution in [1.82, 2.24) is 10.0 Å². The Morgan fingerprint density at radius 1 is 1.00 bits per heavy atom. The van der Waals surface area contributed by atoms with Gasteiger partial charge < -0.3 is 0 Å². The zero-order valence-electron chi connectivity index (χ0n) is 15.2. The summed E-state index contributed by atoms with van der Waals surface area (Å²) in [5, 5.41) is 4.01. The summed E-state index contributed by atoms with van der Waals surface area (Å²) in [6.07, 6.45) is 0. The summed E-state index contributed by atoms with van der Waals surface area (Å²) in [4.78, 5) is 36.2. The molecule has 0 fully saturated rings. The summed E-state index contributed by atoms with van der Waals surface area (Å²) < 4.78 is 0. The van der Waals surface area contributed by atoms with Crippen molar-refractivity contribution in [3.63, 3.8) is 0 Å². The van der Waals surface area contributed by atoms with Crippen molar-refractivity contribution >= 4 is 68.8 Å². The zero-order valence-corrected chi connectivity index (χ0v) is 18.3. The Morgan fingerprint density at radius 2 is 1.66 bits per heavy atom. The Kier molecular flexibility index (Phi) is 6.77. The molecule has 0 atom stereocenters. The minimum absolute atomic E-state index is 0.142. The molecule has 0 spiro atoms. The van der Waals surface area contributed by atoms with Crippen molar-refractivity contribution in [3.05, 3.63) is 74.2 Å². The highest BCUT2D eigenvalue weighted by atomic mass is 35.5. The minimum atomic E-state index is -0.442. The van der Waals surface area contributed by atoms with Gasteiger partial charge in [-0.15, -0.1) is 11.3 Å². The van der Waals surface area contributed by atoms with E-state index < -0.39 is 11.8 Å². The second-order valence-electron chi connectivity index (χ2n) is 5.74. The first-order valence-electron chi connectivity index (χ1n) is 8.14. The number of hydrogen-bond acceptors (Lipinski definition) is 5. The molecule has 2 aromatic carbocycles. The van der Waals surface area contributed by atoms with E-state index in [9.17, 15) is 9.59 Å². The molecular weight excluding hydrogens is 457 g/mol. The molecule has 0 aliphatic heterocycles. The molecule has 150 valence electrons. The molecular formula is C19H14Cl3N3O3S. The molecule has 0 aliphatic carbocycles. The van der Waals surface area contributed by atoms with Crippen LogP contribution in [0.25, 0.3) is 0 Å². The Hall–Kier alpha value is -2.16. The van der Waals surface area contributed by atoms with Gasteiger partial charge in [0.15, 0.2) is 5.13 Å². The fraction of sp³-hybridized carbons (Fsp3) is 0.105. The third-order valence-electron chi connectivity index (χ3n) is 3.91. The predicted octanol–water partition coefficient (Wildman–Crippen LogP) is 5.72. The summed E-state index contributed by atoms with van der Waals surface area (Å²) in [5.41, 5.74) is 0.894. The van der Waals surface area contributed by atoms with Crippen molar-refractivity contribution in [3.8, 4) is 0 Å². The highest BCUT2D eigenvalue weighted by Crippen LogP contribution is 2.33. The number of carbonyl (C=O) groups is 2. The molecule has 3 aromatic rings. The van der Waals surface area contributed by atoms with Crippen molar-refractivity contribution in [2.45, 2.75) is 0 Å². The van der Waals surface area contributed by atoms with Gasteiger partial charge >= 0.3 is 0 Å². The number of rotatable bonds is 5. The van der Waals surface area contributed by atoms with Crippen LogP contribution in [0.4, 0.5) is 10.8 Å². The van der Waals surface area contributed by atoms with Crippen molar-refractivity contribution in [1.29, 1.82) is 0 Å². The number of halogens is 3. The Balaban J connectivity index is 2.07. The summed E-state index contributed by atoms with van der Waals surface area (Å²) >= 11 is 19.3. The van der Waals surface area contributed by atoms with Gasteiger partial charge in [-0.25, -0.2) is 10.0 Å². The normalized spacial score (nSPS) is 10.7. The van der Waals surface area contributed by atoms with Crippen LogP contribution < -0.4 is 4.90 Å². The van der Waals surface area contributed by atoms with Crippen molar-refractivity contribution in [2.24, 2.45) is 0 Å². The maximum atomic E-state index is 13.3. The predicted molar refractivity (Wildman–Crippen MR) is 116 cm³/mol. The van der Waals surface area contributed by atoms with Crippen LogP contribution >= 0.6 is 46.1 Å². The molecule has 6 nitrogen and oxygen atoms in total. The van der Waals surface area contributed by atoms with E-state index in [4.69, 9.17) is 39.6 Å². The van der Waals surface area contributed by atoms with Gasteiger partial charge in [0.05, 0.1) is 23.4 Å². The maximum absolute atomic E-state index is 13.3. The van der Waals surface area contributed by atoms with Crippen LogP contribution in [0.5, 0.6) is 0 Å². The lowest BCUT2D eigenvalue weighted by Gasteiger charge is -2.21. The standard InChI is InChI=1S/C19H14Cl3N3O3S/c1-24(28-2)18(27)16-10-29-19(23-16)25(13-6-3-11(20)4-7-13)17(26)14-8-5-12(21)9-15(14)22/h3-10H,1-2H3. The van der Waals surface area contributed by atoms with Gasteiger partial charge in [0.25, 0.3) is 11.8 Å². The van der Waals surface area contributed by atoms with Gasteiger partial charge in [0.2, 0.25) is 0 Å². The van der Waals surface area contributed by atoms with Crippen LogP contribution in [0.15, 0.2) is 47.8 Å². The van der Waals surface area contributed by atoms with E-state index in [1.54, 1.807) is 35.7 Å². The van der Waals surface area contributed by atoms with Crippen LogP contribution in [0, 0.1) is 0 Å². The molecule has 0 saturated carbocycles. The van der Waals surface area contributed by atoms with E-state index in [1.165, 1.54) is 31.2 Å². The lowest BCUT2D eigenvalue weighted by atomic mass is 10.2. The average Bonchev–Trinajstić information content (AvgIpc) is 3.18. The first kappa shape index (κ1) is 21.5. The lowest BCUT2D eigenvalue weighted by Crippen LogP contribution is -2.27. The number of hydrogen-bond donors (Lipinski definition) is 0. The summed E-state index contributed by atoms with van der Waals surface area (Å²) in [7, 11) is 2.84. The smallest absolute Gasteiger partial charge is 0.274 e. The first-order valence-corrected chi connectivity index (χ1v) is 10.2. The monoisotopic (exact) mass is 469 g/mol. The molecule has 0 bridgehead atoms. The van der Waals surface area contributed by atoms with E-state index >= 15 is 0 Å². The largest absolute Gasteiger partial charge is 0.296 e. The quantitative estimate of drug-likeness (QED) is 0.448. The number of carbonyl (C=O) groups excluding carboxylic acids is 2. The summed E-state index contributed by atoms with van der Waals surface area (Å²) in [5.74, 6) is -0.870. The van der Waals surface area contributed by atoms with Gasteiger partial charge in [-0.05, 0) is 42.5 Å². The molecule has 1 heterocycles. The number of thiazole rings is 1. The Labute approximate surface area is 186 Å². The molecule has 0 unspecified atom stereocenters. The van der Waals surface area contributed by atoms with Gasteiger partial charge in [0, 0.05) is 22.5 Å². The molecule has 29 heavy (non-hydrogen) atoms. The number of anilines is 2. The first-order chi connectivity index (χ1) is 13.8. The third-order valence-corrected chi connectivity index (χ3v) is 5.54. The molecule has 10 heteroatoms. The number of aromatic nitrogens is 1. The molecule has 0 N–H and O–H groups in total.